The predicted octanol–water partition coefficient (Wildman–Crippen LogP) is 3.21. The lowest BCUT2D eigenvalue weighted by Crippen LogP contribution is -2.50. The zero-order valence-electron chi connectivity index (χ0n) is 15.5. The fourth-order valence-corrected chi connectivity index (χ4v) is 3.91. The molecule has 0 bridgehead atoms. The Balaban J connectivity index is 1.83. The number of rotatable bonds is 2. The predicted molar refractivity (Wildman–Crippen MR) is 92.9 cm³/mol. The molecule has 3 atom stereocenters. The lowest BCUT2D eigenvalue weighted by atomic mass is 9.77. The zero-order chi connectivity index (χ0) is 17.2. The van der Waals surface area contributed by atoms with E-state index in [1.165, 1.54) is 12.8 Å². The summed E-state index contributed by atoms with van der Waals surface area (Å²) in [6.45, 7) is 11.9. The maximum atomic E-state index is 12.6. The van der Waals surface area contributed by atoms with Gasteiger partial charge in [0.1, 0.15) is 0 Å². The van der Waals surface area contributed by atoms with Crippen LogP contribution in [-0.2, 0) is 9.59 Å². The second-order valence-electron chi connectivity index (χ2n) is 8.70. The Morgan fingerprint density at radius 1 is 1.00 bits per heavy atom. The molecule has 132 valence electrons. The SMILES string of the molecule is C[C@@H]1[C@H](C)CCC[C@H]1NC(=O)C1CCN(C(=O)C(C)(C)C)CC1. The molecule has 0 aromatic rings. The minimum Gasteiger partial charge on any atom is -0.353 e. The average molecular weight is 322 g/mol. The fraction of sp³-hybridized carbons (Fsp3) is 0.895. The van der Waals surface area contributed by atoms with Crippen molar-refractivity contribution >= 4 is 11.8 Å². The van der Waals surface area contributed by atoms with Crippen LogP contribution >= 0.6 is 0 Å². The fourth-order valence-electron chi connectivity index (χ4n) is 3.91. The van der Waals surface area contributed by atoms with Crippen molar-refractivity contribution in [2.75, 3.05) is 13.1 Å². The molecule has 4 heteroatoms. The molecule has 1 saturated carbocycles. The molecule has 1 heterocycles. The van der Waals surface area contributed by atoms with Crippen LogP contribution < -0.4 is 5.32 Å². The molecule has 2 aliphatic rings. The summed E-state index contributed by atoms with van der Waals surface area (Å²) < 4.78 is 0. The third-order valence-corrected chi connectivity index (χ3v) is 5.83. The number of piperidine rings is 1. The highest BCUT2D eigenvalue weighted by Gasteiger charge is 2.34. The van der Waals surface area contributed by atoms with Gasteiger partial charge in [0.05, 0.1) is 0 Å². The molecule has 1 aliphatic heterocycles. The van der Waals surface area contributed by atoms with E-state index in [-0.39, 0.29) is 23.1 Å². The van der Waals surface area contributed by atoms with Crippen LogP contribution in [0.3, 0.4) is 0 Å². The van der Waals surface area contributed by atoms with Crippen molar-refractivity contribution in [3.63, 3.8) is 0 Å². The quantitative estimate of drug-likeness (QED) is 0.848. The summed E-state index contributed by atoms with van der Waals surface area (Å²) in [5.74, 6) is 1.74. The smallest absolute Gasteiger partial charge is 0.227 e. The minimum atomic E-state index is -0.331. The maximum absolute atomic E-state index is 12.6. The van der Waals surface area contributed by atoms with Crippen LogP contribution in [0, 0.1) is 23.2 Å². The highest BCUT2D eigenvalue weighted by Crippen LogP contribution is 2.30. The van der Waals surface area contributed by atoms with Crippen LogP contribution in [0.2, 0.25) is 0 Å². The molecular weight excluding hydrogens is 288 g/mol. The number of carbonyl (C=O) groups excluding carboxylic acids is 2. The van der Waals surface area contributed by atoms with Gasteiger partial charge in [0.25, 0.3) is 0 Å². The van der Waals surface area contributed by atoms with E-state index in [1.807, 2.05) is 25.7 Å². The topological polar surface area (TPSA) is 49.4 Å². The maximum Gasteiger partial charge on any atom is 0.227 e. The van der Waals surface area contributed by atoms with Gasteiger partial charge < -0.3 is 10.2 Å². The molecule has 0 unspecified atom stereocenters. The van der Waals surface area contributed by atoms with Gasteiger partial charge in [0.15, 0.2) is 0 Å². The second-order valence-corrected chi connectivity index (χ2v) is 8.70. The molecular formula is C19H34N2O2. The van der Waals surface area contributed by atoms with Crippen molar-refractivity contribution in [3.05, 3.63) is 0 Å². The first-order chi connectivity index (χ1) is 10.7. The summed E-state index contributed by atoms with van der Waals surface area (Å²) in [7, 11) is 0. The Labute approximate surface area is 141 Å². The standard InChI is InChI=1S/C19H34N2O2/c1-13-7-6-8-16(14(13)2)20-17(22)15-9-11-21(12-10-15)18(23)19(3,4)5/h13-16H,6-12H2,1-5H3,(H,20,22)/t13-,14-,16-/m1/s1. The molecule has 0 aromatic carbocycles. The number of hydrogen-bond donors (Lipinski definition) is 1. The van der Waals surface area contributed by atoms with Gasteiger partial charge in [0, 0.05) is 30.5 Å². The Bertz CT molecular complexity index is 433. The monoisotopic (exact) mass is 322 g/mol. The van der Waals surface area contributed by atoms with Gasteiger partial charge in [-0.05, 0) is 31.1 Å². The van der Waals surface area contributed by atoms with Gasteiger partial charge in [-0.15, -0.1) is 0 Å². The van der Waals surface area contributed by atoms with Gasteiger partial charge in [-0.1, -0.05) is 47.5 Å². The van der Waals surface area contributed by atoms with E-state index in [1.54, 1.807) is 0 Å². The van der Waals surface area contributed by atoms with E-state index >= 15 is 0 Å². The molecule has 2 fully saturated rings. The largest absolute Gasteiger partial charge is 0.353 e. The van der Waals surface area contributed by atoms with E-state index in [4.69, 9.17) is 0 Å². The minimum absolute atomic E-state index is 0.0726. The van der Waals surface area contributed by atoms with Gasteiger partial charge in [-0.3, -0.25) is 9.59 Å². The third kappa shape index (κ3) is 4.48. The van der Waals surface area contributed by atoms with Crippen molar-refractivity contribution < 1.29 is 9.59 Å². The molecule has 0 radical (unpaired) electrons. The molecule has 4 nitrogen and oxygen atoms in total. The van der Waals surface area contributed by atoms with Crippen LogP contribution in [0.1, 0.15) is 66.7 Å². The molecule has 1 aliphatic carbocycles. The van der Waals surface area contributed by atoms with E-state index in [0.717, 1.165) is 19.3 Å². The second kappa shape index (κ2) is 7.23. The van der Waals surface area contributed by atoms with Gasteiger partial charge in [0.2, 0.25) is 11.8 Å². The van der Waals surface area contributed by atoms with Crippen molar-refractivity contribution in [1.29, 1.82) is 0 Å². The molecule has 2 amide bonds. The van der Waals surface area contributed by atoms with E-state index < -0.39 is 0 Å². The van der Waals surface area contributed by atoms with Gasteiger partial charge >= 0.3 is 0 Å². The van der Waals surface area contributed by atoms with E-state index in [9.17, 15) is 9.59 Å². The van der Waals surface area contributed by atoms with Crippen molar-refractivity contribution in [3.8, 4) is 0 Å². The number of nitrogens with one attached hydrogen (secondary N) is 1. The Kier molecular flexibility index (Phi) is 5.74. The average Bonchev–Trinajstić information content (AvgIpc) is 2.50. The number of amides is 2. The van der Waals surface area contributed by atoms with Crippen molar-refractivity contribution in [1.82, 2.24) is 10.2 Å². The Morgan fingerprint density at radius 2 is 1.61 bits per heavy atom. The molecule has 0 spiro atoms. The summed E-state index contributed by atoms with van der Waals surface area (Å²) in [4.78, 5) is 26.8. The third-order valence-electron chi connectivity index (χ3n) is 5.83. The summed E-state index contributed by atoms with van der Waals surface area (Å²) in [5, 5.41) is 3.30. The van der Waals surface area contributed by atoms with Crippen LogP contribution in [0.25, 0.3) is 0 Å². The first kappa shape index (κ1) is 18.3. The first-order valence-corrected chi connectivity index (χ1v) is 9.30. The van der Waals surface area contributed by atoms with Crippen LogP contribution in [0.5, 0.6) is 0 Å². The number of carbonyl (C=O) groups is 2. The van der Waals surface area contributed by atoms with Crippen LogP contribution in [0.15, 0.2) is 0 Å². The molecule has 23 heavy (non-hydrogen) atoms. The van der Waals surface area contributed by atoms with E-state index in [0.29, 0.717) is 31.0 Å². The normalized spacial score (nSPS) is 30.1. The van der Waals surface area contributed by atoms with Crippen molar-refractivity contribution in [2.24, 2.45) is 23.2 Å². The lowest BCUT2D eigenvalue weighted by molar-refractivity contribution is -0.142. The summed E-state index contributed by atoms with van der Waals surface area (Å²) in [6, 6.07) is 0.334. The highest BCUT2D eigenvalue weighted by atomic mass is 16.2. The van der Waals surface area contributed by atoms with E-state index in [2.05, 4.69) is 19.2 Å². The van der Waals surface area contributed by atoms with Crippen LogP contribution in [0.4, 0.5) is 0 Å². The number of nitrogens with zero attached hydrogens (tertiary/aromatic N) is 1. The molecule has 1 saturated heterocycles. The van der Waals surface area contributed by atoms with Crippen LogP contribution in [-0.4, -0.2) is 35.8 Å². The van der Waals surface area contributed by atoms with Crippen molar-refractivity contribution in [2.45, 2.75) is 72.8 Å². The molecule has 2 rings (SSSR count). The number of likely N-dealkylation sites (tertiary alicyclic amines) is 1. The number of hydrogen-bond acceptors (Lipinski definition) is 2. The van der Waals surface area contributed by atoms with Gasteiger partial charge in [-0.2, -0.15) is 0 Å². The summed E-state index contributed by atoms with van der Waals surface area (Å²) in [6.07, 6.45) is 5.20. The lowest BCUT2D eigenvalue weighted by Gasteiger charge is -2.38. The Morgan fingerprint density at radius 3 is 2.17 bits per heavy atom. The summed E-state index contributed by atoms with van der Waals surface area (Å²) >= 11 is 0. The molecule has 1 N–H and O–H groups in total. The highest BCUT2D eigenvalue weighted by molar-refractivity contribution is 5.82. The molecule has 0 aromatic heterocycles. The summed E-state index contributed by atoms with van der Waals surface area (Å²) in [5.41, 5.74) is -0.331. The zero-order valence-corrected chi connectivity index (χ0v) is 15.5. The van der Waals surface area contributed by atoms with Gasteiger partial charge in [-0.25, -0.2) is 0 Å². The Hall–Kier alpha value is -1.06. The first-order valence-electron chi connectivity index (χ1n) is 9.30.